The molecule has 1 saturated heterocycles. The van der Waals surface area contributed by atoms with Crippen molar-refractivity contribution in [1.29, 1.82) is 0 Å². The number of ether oxygens (including phenoxy) is 2. The molecular weight excluding hydrogens is 526 g/mol. The molecule has 0 unspecified atom stereocenters. The van der Waals surface area contributed by atoms with E-state index in [0.29, 0.717) is 12.3 Å². The van der Waals surface area contributed by atoms with E-state index in [0.717, 1.165) is 85.6 Å². The van der Waals surface area contributed by atoms with Gasteiger partial charge in [0, 0.05) is 57.5 Å². The van der Waals surface area contributed by atoms with Crippen molar-refractivity contribution in [3.05, 3.63) is 108 Å². The summed E-state index contributed by atoms with van der Waals surface area (Å²) in [7, 11) is 3.32. The lowest BCUT2D eigenvalue weighted by atomic mass is 10.1. The molecule has 216 valence electrons. The van der Waals surface area contributed by atoms with Gasteiger partial charge in [-0.05, 0) is 29.3 Å². The molecule has 0 spiro atoms. The molecule has 0 atom stereocenters. The number of methoxy groups -OCH3 is 2. The van der Waals surface area contributed by atoms with Gasteiger partial charge in [0.25, 0.3) is 0 Å². The molecule has 2 aliphatic rings. The second-order valence-electron chi connectivity index (χ2n) is 10.6. The molecule has 4 heterocycles. The van der Waals surface area contributed by atoms with Gasteiger partial charge in [0.15, 0.2) is 5.65 Å². The molecule has 0 aliphatic carbocycles. The average Bonchev–Trinajstić information content (AvgIpc) is 3.39. The Balaban J connectivity index is 1.34. The standard InChI is InChI=1S/C33H37N7O2/c1-5-27(21-24(2)41-3)37-17-19-38(20-18-37)33-34-31-30-29(15-16-39(31)22-26-11-13-28(42-4)14-12-26)36-40(32(30)35-33)23-25-9-7-6-8-10-25/h5-14,21H,1-2,15-20,22-23H2,3-4H3/b27-21+. The number of anilines is 2. The van der Waals surface area contributed by atoms with Crippen molar-refractivity contribution in [1.82, 2.24) is 24.6 Å². The minimum absolute atomic E-state index is 0.611. The van der Waals surface area contributed by atoms with E-state index in [-0.39, 0.29) is 0 Å². The smallest absolute Gasteiger partial charge is 0.229 e. The number of hydrogen-bond acceptors (Lipinski definition) is 8. The van der Waals surface area contributed by atoms with E-state index < -0.39 is 0 Å². The quantitative estimate of drug-likeness (QED) is 0.201. The van der Waals surface area contributed by atoms with Crippen LogP contribution in [0.2, 0.25) is 0 Å². The molecule has 0 saturated carbocycles. The van der Waals surface area contributed by atoms with Crippen LogP contribution in [0.3, 0.4) is 0 Å². The Morgan fingerprint density at radius 1 is 0.905 bits per heavy atom. The van der Waals surface area contributed by atoms with E-state index >= 15 is 0 Å². The van der Waals surface area contributed by atoms with Gasteiger partial charge in [-0.25, -0.2) is 4.68 Å². The molecule has 0 N–H and O–H groups in total. The summed E-state index contributed by atoms with van der Waals surface area (Å²) in [5.41, 5.74) is 5.36. The summed E-state index contributed by atoms with van der Waals surface area (Å²) in [5.74, 6) is 3.16. The van der Waals surface area contributed by atoms with Crippen LogP contribution in [0.5, 0.6) is 5.75 Å². The highest BCUT2D eigenvalue weighted by Crippen LogP contribution is 2.35. The predicted molar refractivity (Wildman–Crippen MR) is 167 cm³/mol. The van der Waals surface area contributed by atoms with E-state index in [4.69, 9.17) is 24.5 Å². The summed E-state index contributed by atoms with van der Waals surface area (Å²) in [6.07, 6.45) is 4.63. The Morgan fingerprint density at radius 3 is 2.33 bits per heavy atom. The maximum atomic E-state index is 5.37. The molecular formula is C33H37N7O2. The molecule has 1 fully saturated rings. The highest BCUT2D eigenvalue weighted by molar-refractivity contribution is 5.92. The first kappa shape index (κ1) is 27.4. The third-order valence-corrected chi connectivity index (χ3v) is 7.97. The lowest BCUT2D eigenvalue weighted by Gasteiger charge is -2.37. The van der Waals surface area contributed by atoms with Gasteiger partial charge in [-0.1, -0.05) is 55.6 Å². The van der Waals surface area contributed by atoms with Crippen LogP contribution in [0.4, 0.5) is 11.8 Å². The first-order chi connectivity index (χ1) is 20.6. The monoisotopic (exact) mass is 563 g/mol. The number of benzene rings is 2. The molecule has 6 rings (SSSR count). The Labute approximate surface area is 247 Å². The number of aromatic nitrogens is 4. The highest BCUT2D eigenvalue weighted by atomic mass is 16.5. The Morgan fingerprint density at radius 2 is 1.64 bits per heavy atom. The van der Waals surface area contributed by atoms with E-state index in [1.54, 1.807) is 14.2 Å². The Bertz CT molecular complexity index is 1600. The molecule has 0 bridgehead atoms. The zero-order valence-electron chi connectivity index (χ0n) is 24.4. The lowest BCUT2D eigenvalue weighted by Crippen LogP contribution is -2.46. The topological polar surface area (TPSA) is 71.8 Å². The summed E-state index contributed by atoms with van der Waals surface area (Å²) in [6.45, 7) is 13.4. The van der Waals surface area contributed by atoms with Crippen LogP contribution in [-0.4, -0.2) is 71.6 Å². The number of nitrogens with zero attached hydrogens (tertiary/aromatic N) is 7. The van der Waals surface area contributed by atoms with E-state index in [2.05, 4.69) is 68.9 Å². The van der Waals surface area contributed by atoms with Crippen molar-refractivity contribution in [2.45, 2.75) is 19.5 Å². The third kappa shape index (κ3) is 5.54. The van der Waals surface area contributed by atoms with Gasteiger partial charge in [0.05, 0.1) is 31.8 Å². The van der Waals surface area contributed by atoms with Crippen molar-refractivity contribution in [2.75, 3.05) is 56.7 Å². The first-order valence-electron chi connectivity index (χ1n) is 14.3. The SMILES string of the molecule is C=C/C(=C\C(=C)OC)N1CCN(c2nc3c4c(nn(Cc5ccccc5)c4n2)CCN3Cc2ccc(OC)cc2)CC1. The molecule has 2 aliphatic heterocycles. The summed E-state index contributed by atoms with van der Waals surface area (Å²) in [6, 6.07) is 18.7. The zero-order chi connectivity index (χ0) is 29.1. The second-order valence-corrected chi connectivity index (χ2v) is 10.6. The molecule has 0 radical (unpaired) electrons. The van der Waals surface area contributed by atoms with Gasteiger partial charge in [0.2, 0.25) is 5.95 Å². The number of rotatable bonds is 10. The largest absolute Gasteiger partial charge is 0.497 e. The fourth-order valence-electron chi connectivity index (χ4n) is 5.65. The molecule has 0 amide bonds. The molecule has 42 heavy (non-hydrogen) atoms. The molecule has 2 aromatic carbocycles. The third-order valence-electron chi connectivity index (χ3n) is 7.97. The molecule has 4 aromatic rings. The minimum Gasteiger partial charge on any atom is -0.497 e. The van der Waals surface area contributed by atoms with Gasteiger partial charge in [-0.15, -0.1) is 0 Å². The number of allylic oxidation sites excluding steroid dienone is 2. The Hall–Kier alpha value is -4.79. The van der Waals surface area contributed by atoms with Crippen LogP contribution in [0.15, 0.2) is 91.4 Å². The van der Waals surface area contributed by atoms with Crippen LogP contribution in [-0.2, 0) is 24.2 Å². The van der Waals surface area contributed by atoms with Crippen molar-refractivity contribution in [2.24, 2.45) is 0 Å². The molecule has 2 aromatic heterocycles. The van der Waals surface area contributed by atoms with Gasteiger partial charge in [-0.3, -0.25) is 0 Å². The van der Waals surface area contributed by atoms with E-state index in [1.807, 2.05) is 30.4 Å². The van der Waals surface area contributed by atoms with Crippen LogP contribution < -0.4 is 14.5 Å². The number of piperazine rings is 1. The van der Waals surface area contributed by atoms with Crippen molar-refractivity contribution < 1.29 is 9.47 Å². The summed E-state index contributed by atoms with van der Waals surface area (Å²) in [4.78, 5) is 17.3. The zero-order valence-corrected chi connectivity index (χ0v) is 24.4. The minimum atomic E-state index is 0.611. The maximum Gasteiger partial charge on any atom is 0.229 e. The van der Waals surface area contributed by atoms with Crippen LogP contribution in [0, 0.1) is 0 Å². The fraction of sp³-hybridized carbons (Fsp3) is 0.303. The average molecular weight is 564 g/mol. The van der Waals surface area contributed by atoms with Gasteiger partial charge in [-0.2, -0.15) is 15.1 Å². The van der Waals surface area contributed by atoms with E-state index in [1.165, 1.54) is 11.1 Å². The fourth-order valence-corrected chi connectivity index (χ4v) is 5.65. The normalized spacial score (nSPS) is 15.2. The van der Waals surface area contributed by atoms with Crippen molar-refractivity contribution >= 4 is 22.8 Å². The summed E-state index contributed by atoms with van der Waals surface area (Å²) < 4.78 is 12.7. The lowest BCUT2D eigenvalue weighted by molar-refractivity contribution is 0.299. The second kappa shape index (κ2) is 12.0. The van der Waals surface area contributed by atoms with Crippen LogP contribution in [0.1, 0.15) is 16.8 Å². The first-order valence-corrected chi connectivity index (χ1v) is 14.3. The van der Waals surface area contributed by atoms with E-state index in [9.17, 15) is 0 Å². The maximum absolute atomic E-state index is 5.37. The van der Waals surface area contributed by atoms with Crippen molar-refractivity contribution in [3.8, 4) is 5.75 Å². The highest BCUT2D eigenvalue weighted by Gasteiger charge is 2.29. The van der Waals surface area contributed by atoms with Gasteiger partial charge in [0.1, 0.15) is 17.3 Å². The number of hydrogen-bond donors (Lipinski definition) is 0. The predicted octanol–water partition coefficient (Wildman–Crippen LogP) is 4.80. The van der Waals surface area contributed by atoms with Gasteiger partial charge < -0.3 is 24.2 Å². The van der Waals surface area contributed by atoms with Gasteiger partial charge >= 0.3 is 0 Å². The van der Waals surface area contributed by atoms with Crippen LogP contribution >= 0.6 is 0 Å². The molecule has 9 heteroatoms. The van der Waals surface area contributed by atoms with Crippen LogP contribution in [0.25, 0.3) is 11.0 Å². The molecule has 9 nitrogen and oxygen atoms in total. The Kier molecular flexibility index (Phi) is 7.81. The summed E-state index contributed by atoms with van der Waals surface area (Å²) >= 11 is 0. The van der Waals surface area contributed by atoms with Crippen molar-refractivity contribution in [3.63, 3.8) is 0 Å². The summed E-state index contributed by atoms with van der Waals surface area (Å²) in [5, 5.41) is 6.11.